The molecule has 0 saturated carbocycles. The Balaban J connectivity index is 1.52. The average Bonchev–Trinajstić information content (AvgIpc) is 3.11. The molecule has 0 aliphatic rings. The third kappa shape index (κ3) is 4.64. The summed E-state index contributed by atoms with van der Waals surface area (Å²) in [6.45, 7) is 0.0941. The number of rotatable bonds is 7. The Morgan fingerprint density at radius 1 is 1.20 bits per heavy atom. The van der Waals surface area contributed by atoms with Crippen LogP contribution in [-0.4, -0.2) is 20.9 Å². The summed E-state index contributed by atoms with van der Waals surface area (Å²) >= 11 is 0. The topological polar surface area (TPSA) is 94.6 Å². The third-order valence-electron chi connectivity index (χ3n) is 3.26. The first-order chi connectivity index (χ1) is 12.2. The molecule has 8 nitrogen and oxygen atoms in total. The van der Waals surface area contributed by atoms with Crippen molar-refractivity contribution < 1.29 is 9.66 Å². The Kier molecular flexibility index (Phi) is 5.01. The van der Waals surface area contributed by atoms with Gasteiger partial charge in [-0.3, -0.25) is 15.5 Å². The highest BCUT2D eigenvalue weighted by molar-refractivity contribution is 5.80. The van der Waals surface area contributed by atoms with Gasteiger partial charge in [-0.15, -0.1) is 0 Å². The Labute approximate surface area is 143 Å². The summed E-state index contributed by atoms with van der Waals surface area (Å²) in [6.07, 6.45) is 4.20. The third-order valence-corrected chi connectivity index (χ3v) is 3.26. The van der Waals surface area contributed by atoms with Gasteiger partial charge in [-0.1, -0.05) is 18.2 Å². The summed E-state index contributed by atoms with van der Waals surface area (Å²) in [5, 5.41) is 18.6. The molecule has 0 spiro atoms. The van der Waals surface area contributed by atoms with Gasteiger partial charge in [0, 0.05) is 0 Å². The van der Waals surface area contributed by atoms with Gasteiger partial charge >= 0.3 is 5.69 Å². The molecule has 0 unspecified atom stereocenters. The Bertz CT molecular complexity index is 860. The van der Waals surface area contributed by atoms with E-state index in [-0.39, 0.29) is 12.4 Å². The smallest absolute Gasteiger partial charge is 0.307 e. The van der Waals surface area contributed by atoms with Gasteiger partial charge in [-0.2, -0.15) is 10.2 Å². The van der Waals surface area contributed by atoms with Crippen LogP contribution in [0.3, 0.4) is 0 Å². The molecule has 1 N–H and O–H groups in total. The van der Waals surface area contributed by atoms with E-state index in [1.54, 1.807) is 18.3 Å². The summed E-state index contributed by atoms with van der Waals surface area (Å²) in [5.41, 5.74) is 4.69. The number of benzene rings is 2. The summed E-state index contributed by atoms with van der Waals surface area (Å²) in [5.74, 6) is 0.631. The Hall–Kier alpha value is -3.68. The molecule has 0 fully saturated rings. The first kappa shape index (κ1) is 16.2. The molecule has 3 rings (SSSR count). The summed E-state index contributed by atoms with van der Waals surface area (Å²) in [6, 6.07) is 16.9. The fourth-order valence-electron chi connectivity index (χ4n) is 2.00. The van der Waals surface area contributed by atoms with Crippen molar-refractivity contribution in [1.29, 1.82) is 0 Å². The van der Waals surface area contributed by atoms with Crippen LogP contribution >= 0.6 is 0 Å². The molecule has 2 aromatic carbocycles. The monoisotopic (exact) mass is 337 g/mol. The lowest BCUT2D eigenvalue weighted by atomic mass is 10.2. The lowest BCUT2D eigenvalue weighted by Crippen LogP contribution is -2.05. The zero-order valence-electron chi connectivity index (χ0n) is 13.1. The van der Waals surface area contributed by atoms with Crippen LogP contribution in [0.1, 0.15) is 5.56 Å². The molecule has 8 heteroatoms. The van der Waals surface area contributed by atoms with Crippen molar-refractivity contribution in [3.05, 3.63) is 82.7 Å². The minimum absolute atomic E-state index is 0.0684. The average molecular weight is 337 g/mol. The van der Waals surface area contributed by atoms with E-state index in [0.29, 0.717) is 5.75 Å². The van der Waals surface area contributed by atoms with E-state index in [0.717, 1.165) is 11.3 Å². The van der Waals surface area contributed by atoms with Crippen molar-refractivity contribution in [2.75, 3.05) is 5.43 Å². The number of hydrazone groups is 1. The van der Waals surface area contributed by atoms with Gasteiger partial charge in [0.2, 0.25) is 0 Å². The number of ether oxygens (including phenoxy) is 1. The molecular weight excluding hydrogens is 322 g/mol. The van der Waals surface area contributed by atoms with E-state index < -0.39 is 4.92 Å². The second kappa shape index (κ2) is 7.73. The lowest BCUT2D eigenvalue weighted by Gasteiger charge is -2.05. The standard InChI is InChI=1S/C17H15N5O3/c23-22(24)16-11-19-21(12-16)13-25-17-8-6-14(7-9-17)10-18-20-15-4-2-1-3-5-15/h1-12,20H,13H2. The first-order valence-electron chi connectivity index (χ1n) is 7.44. The molecule has 0 saturated heterocycles. The highest BCUT2D eigenvalue weighted by Gasteiger charge is 2.08. The highest BCUT2D eigenvalue weighted by atomic mass is 16.6. The van der Waals surface area contributed by atoms with Crippen LogP contribution in [0.2, 0.25) is 0 Å². The molecule has 0 aliphatic carbocycles. The van der Waals surface area contributed by atoms with Crippen molar-refractivity contribution in [2.45, 2.75) is 6.73 Å². The number of nitro groups is 1. The Morgan fingerprint density at radius 3 is 2.64 bits per heavy atom. The number of nitrogens with one attached hydrogen (secondary N) is 1. The minimum Gasteiger partial charge on any atom is -0.471 e. The van der Waals surface area contributed by atoms with Crippen LogP contribution < -0.4 is 10.2 Å². The van der Waals surface area contributed by atoms with Crippen LogP contribution in [0.25, 0.3) is 0 Å². The van der Waals surface area contributed by atoms with Crippen molar-refractivity contribution in [1.82, 2.24) is 9.78 Å². The minimum atomic E-state index is -0.499. The van der Waals surface area contributed by atoms with E-state index in [1.165, 1.54) is 17.1 Å². The van der Waals surface area contributed by atoms with Crippen LogP contribution in [-0.2, 0) is 6.73 Å². The normalized spacial score (nSPS) is 10.7. The summed E-state index contributed by atoms with van der Waals surface area (Å²) in [7, 11) is 0. The predicted molar refractivity (Wildman–Crippen MR) is 93.6 cm³/mol. The van der Waals surface area contributed by atoms with Gasteiger partial charge in [0.15, 0.2) is 6.73 Å². The van der Waals surface area contributed by atoms with Gasteiger partial charge in [0.05, 0.1) is 16.8 Å². The van der Waals surface area contributed by atoms with E-state index in [9.17, 15) is 10.1 Å². The Morgan fingerprint density at radius 2 is 1.96 bits per heavy atom. The molecule has 0 bridgehead atoms. The zero-order chi connectivity index (χ0) is 17.5. The van der Waals surface area contributed by atoms with Gasteiger partial charge in [-0.05, 0) is 42.0 Å². The maximum absolute atomic E-state index is 10.6. The fourth-order valence-corrected chi connectivity index (χ4v) is 2.00. The molecule has 0 aliphatic heterocycles. The number of anilines is 1. The van der Waals surface area contributed by atoms with Crippen LogP contribution in [0.4, 0.5) is 11.4 Å². The number of nitrogens with zero attached hydrogens (tertiary/aromatic N) is 4. The lowest BCUT2D eigenvalue weighted by molar-refractivity contribution is -0.385. The molecule has 1 aromatic heterocycles. The maximum Gasteiger partial charge on any atom is 0.307 e. The molecule has 0 atom stereocenters. The molecule has 0 radical (unpaired) electrons. The van der Waals surface area contributed by atoms with Gasteiger partial charge < -0.3 is 4.74 Å². The number of hydrogen-bond donors (Lipinski definition) is 1. The van der Waals surface area contributed by atoms with Crippen LogP contribution in [0.15, 0.2) is 72.1 Å². The second-order valence-electron chi connectivity index (χ2n) is 5.07. The van der Waals surface area contributed by atoms with E-state index in [1.807, 2.05) is 42.5 Å². The molecule has 0 amide bonds. The van der Waals surface area contributed by atoms with Crippen molar-refractivity contribution in [3.63, 3.8) is 0 Å². The zero-order valence-corrected chi connectivity index (χ0v) is 13.1. The largest absolute Gasteiger partial charge is 0.471 e. The number of hydrogen-bond acceptors (Lipinski definition) is 6. The SMILES string of the molecule is O=[N+]([O-])c1cnn(COc2ccc(C=NNc3ccccc3)cc2)c1. The van der Waals surface area contributed by atoms with Gasteiger partial charge in [0.1, 0.15) is 18.1 Å². The van der Waals surface area contributed by atoms with Crippen LogP contribution in [0.5, 0.6) is 5.75 Å². The van der Waals surface area contributed by atoms with Crippen molar-refractivity contribution in [3.8, 4) is 5.75 Å². The molecule has 25 heavy (non-hydrogen) atoms. The number of para-hydroxylation sites is 1. The molecular formula is C17H15N5O3. The van der Waals surface area contributed by atoms with Gasteiger partial charge in [0.25, 0.3) is 0 Å². The fraction of sp³-hybridized carbons (Fsp3) is 0.0588. The highest BCUT2D eigenvalue weighted by Crippen LogP contribution is 2.13. The van der Waals surface area contributed by atoms with E-state index >= 15 is 0 Å². The molecule has 3 aromatic rings. The maximum atomic E-state index is 10.6. The van der Waals surface area contributed by atoms with Gasteiger partial charge in [-0.25, -0.2) is 4.68 Å². The summed E-state index contributed by atoms with van der Waals surface area (Å²) < 4.78 is 6.89. The second-order valence-corrected chi connectivity index (χ2v) is 5.07. The number of aromatic nitrogens is 2. The molecule has 126 valence electrons. The van der Waals surface area contributed by atoms with Crippen molar-refractivity contribution in [2.24, 2.45) is 5.10 Å². The quantitative estimate of drug-likeness (QED) is 0.405. The van der Waals surface area contributed by atoms with E-state index in [2.05, 4.69) is 15.6 Å². The van der Waals surface area contributed by atoms with Crippen LogP contribution in [0, 0.1) is 10.1 Å². The first-order valence-corrected chi connectivity index (χ1v) is 7.44. The van der Waals surface area contributed by atoms with E-state index in [4.69, 9.17) is 4.74 Å². The summed E-state index contributed by atoms with van der Waals surface area (Å²) in [4.78, 5) is 10.1. The molecule has 1 heterocycles. The predicted octanol–water partition coefficient (Wildman–Crippen LogP) is 3.27. The van der Waals surface area contributed by atoms with Crippen molar-refractivity contribution >= 4 is 17.6 Å².